The number of hydrogen-bond donors (Lipinski definition) is 3. The molecule has 0 saturated heterocycles. The minimum absolute atomic E-state index is 0.00410. The lowest BCUT2D eigenvalue weighted by atomic mass is 9.87. The van der Waals surface area contributed by atoms with E-state index in [1.807, 2.05) is 0 Å². The van der Waals surface area contributed by atoms with E-state index in [4.69, 9.17) is 5.73 Å². The fourth-order valence-electron chi connectivity index (χ4n) is 2.11. The molecule has 1 aliphatic carbocycles. The topological polar surface area (TPSA) is 70.6 Å². The predicted molar refractivity (Wildman–Crippen MR) is 67.3 cm³/mol. The minimum Gasteiger partial charge on any atom is -0.396 e. The molecular weight excluding hydrogens is 202 g/mol. The molecule has 1 saturated carbocycles. The van der Waals surface area contributed by atoms with Crippen molar-refractivity contribution < 1.29 is 5.11 Å². The molecule has 4 nitrogen and oxygen atoms in total. The summed E-state index contributed by atoms with van der Waals surface area (Å²) in [4.78, 5) is 4.34. The summed E-state index contributed by atoms with van der Waals surface area (Å²) in [5.74, 6) is 1.07. The molecule has 0 aromatic heterocycles. The highest BCUT2D eigenvalue weighted by Crippen LogP contribution is 2.37. The number of nitrogens with one attached hydrogen (secondary N) is 1. The van der Waals surface area contributed by atoms with Crippen molar-refractivity contribution in [1.29, 1.82) is 0 Å². The molecule has 1 fully saturated rings. The lowest BCUT2D eigenvalue weighted by Gasteiger charge is -2.24. The number of aliphatic hydroxyl groups excluding tert-OH is 1. The summed E-state index contributed by atoms with van der Waals surface area (Å²) < 4.78 is 0. The van der Waals surface area contributed by atoms with Gasteiger partial charge in [-0.15, -0.1) is 0 Å². The molecule has 16 heavy (non-hydrogen) atoms. The van der Waals surface area contributed by atoms with Crippen LogP contribution in [0, 0.1) is 11.3 Å². The third-order valence-corrected chi connectivity index (χ3v) is 3.28. The normalized spacial score (nSPS) is 20.4. The fraction of sp³-hybridized carbons (Fsp3) is 0.917. The summed E-state index contributed by atoms with van der Waals surface area (Å²) in [6.07, 6.45) is 4.56. The van der Waals surface area contributed by atoms with E-state index in [-0.39, 0.29) is 12.0 Å². The van der Waals surface area contributed by atoms with Crippen molar-refractivity contribution in [3.63, 3.8) is 0 Å². The van der Waals surface area contributed by atoms with Crippen LogP contribution in [0.1, 0.15) is 39.5 Å². The molecule has 0 bridgehead atoms. The Bertz CT molecular complexity index is 232. The summed E-state index contributed by atoms with van der Waals surface area (Å²) in [6.45, 7) is 5.99. The zero-order valence-corrected chi connectivity index (χ0v) is 10.5. The first kappa shape index (κ1) is 13.3. The molecular formula is C12H25N3O. The van der Waals surface area contributed by atoms with Gasteiger partial charge in [0.2, 0.25) is 0 Å². The molecule has 94 valence electrons. The van der Waals surface area contributed by atoms with Crippen molar-refractivity contribution in [3.05, 3.63) is 0 Å². The van der Waals surface area contributed by atoms with Crippen LogP contribution < -0.4 is 11.1 Å². The Labute approximate surface area is 98.3 Å². The standard InChI is InChI=1S/C12H25N3O/c1-10(2)7-14-11(13)15-8-12(9-16)5-3-4-6-12/h10,16H,3-9H2,1-2H3,(H3,13,14,15). The molecule has 1 rings (SSSR count). The first-order chi connectivity index (χ1) is 7.58. The quantitative estimate of drug-likeness (QED) is 0.486. The minimum atomic E-state index is 0.00410. The molecule has 4 N–H and O–H groups in total. The van der Waals surface area contributed by atoms with E-state index in [1.54, 1.807) is 0 Å². The average Bonchev–Trinajstić information content (AvgIpc) is 2.73. The van der Waals surface area contributed by atoms with Gasteiger partial charge < -0.3 is 16.2 Å². The Hall–Kier alpha value is -0.770. The van der Waals surface area contributed by atoms with E-state index in [0.717, 1.165) is 19.4 Å². The zero-order chi connectivity index (χ0) is 12.0. The van der Waals surface area contributed by atoms with Crippen molar-refractivity contribution >= 4 is 5.96 Å². The van der Waals surface area contributed by atoms with Crippen LogP contribution in [0.2, 0.25) is 0 Å². The third kappa shape index (κ3) is 4.00. The first-order valence-corrected chi connectivity index (χ1v) is 6.23. The van der Waals surface area contributed by atoms with Gasteiger partial charge in [0, 0.05) is 12.0 Å². The Morgan fingerprint density at radius 1 is 1.44 bits per heavy atom. The van der Waals surface area contributed by atoms with Gasteiger partial charge in [0.05, 0.1) is 13.2 Å². The van der Waals surface area contributed by atoms with E-state index in [9.17, 15) is 5.11 Å². The lowest BCUT2D eigenvalue weighted by molar-refractivity contribution is 0.138. The monoisotopic (exact) mass is 227 g/mol. The maximum absolute atomic E-state index is 9.42. The Morgan fingerprint density at radius 2 is 2.06 bits per heavy atom. The Morgan fingerprint density at radius 3 is 2.56 bits per heavy atom. The van der Waals surface area contributed by atoms with Crippen molar-refractivity contribution in [2.75, 3.05) is 19.7 Å². The van der Waals surface area contributed by atoms with Crippen molar-refractivity contribution in [2.45, 2.75) is 39.5 Å². The average molecular weight is 227 g/mol. The van der Waals surface area contributed by atoms with Crippen molar-refractivity contribution in [2.24, 2.45) is 22.1 Å². The van der Waals surface area contributed by atoms with E-state index in [1.165, 1.54) is 12.8 Å². The van der Waals surface area contributed by atoms with E-state index in [0.29, 0.717) is 18.4 Å². The van der Waals surface area contributed by atoms with Crippen LogP contribution in [0.25, 0.3) is 0 Å². The van der Waals surface area contributed by atoms with Crippen LogP contribution in [-0.2, 0) is 0 Å². The maximum Gasteiger partial charge on any atom is 0.188 e. The highest BCUT2D eigenvalue weighted by Gasteiger charge is 2.32. The largest absolute Gasteiger partial charge is 0.396 e. The molecule has 0 spiro atoms. The van der Waals surface area contributed by atoms with Crippen LogP contribution in [-0.4, -0.2) is 30.8 Å². The highest BCUT2D eigenvalue weighted by molar-refractivity contribution is 5.77. The number of nitrogens with two attached hydrogens (primary N) is 1. The van der Waals surface area contributed by atoms with Crippen LogP contribution in [0.15, 0.2) is 4.99 Å². The van der Waals surface area contributed by atoms with Gasteiger partial charge in [-0.3, -0.25) is 4.99 Å². The summed E-state index contributed by atoms with van der Waals surface area (Å²) in [5, 5.41) is 12.5. The van der Waals surface area contributed by atoms with Crippen molar-refractivity contribution in [1.82, 2.24) is 5.32 Å². The van der Waals surface area contributed by atoms with Gasteiger partial charge in [-0.25, -0.2) is 0 Å². The number of hydrogen-bond acceptors (Lipinski definition) is 2. The SMILES string of the molecule is CC(C)CNC(N)=NCC1(CO)CCCC1. The second kappa shape index (κ2) is 6.09. The van der Waals surface area contributed by atoms with Gasteiger partial charge >= 0.3 is 0 Å². The number of guanidine groups is 1. The predicted octanol–water partition coefficient (Wildman–Crippen LogP) is 1.10. The van der Waals surface area contributed by atoms with Crippen LogP contribution in [0.4, 0.5) is 0 Å². The number of aliphatic imine (C=N–C) groups is 1. The molecule has 4 heteroatoms. The summed E-state index contributed by atoms with van der Waals surface area (Å²) in [6, 6.07) is 0. The first-order valence-electron chi connectivity index (χ1n) is 6.23. The van der Waals surface area contributed by atoms with Crippen LogP contribution >= 0.6 is 0 Å². The molecule has 0 aromatic carbocycles. The smallest absolute Gasteiger partial charge is 0.188 e. The number of nitrogens with zero attached hydrogens (tertiary/aromatic N) is 1. The molecule has 0 aromatic rings. The van der Waals surface area contributed by atoms with E-state index >= 15 is 0 Å². The van der Waals surface area contributed by atoms with Gasteiger partial charge in [-0.2, -0.15) is 0 Å². The highest BCUT2D eigenvalue weighted by atomic mass is 16.3. The molecule has 1 aliphatic rings. The Kier molecular flexibility index (Phi) is 5.06. The summed E-state index contributed by atoms with van der Waals surface area (Å²) >= 11 is 0. The second-order valence-corrected chi connectivity index (χ2v) is 5.34. The summed E-state index contributed by atoms with van der Waals surface area (Å²) in [5.41, 5.74) is 5.78. The molecule has 0 heterocycles. The van der Waals surface area contributed by atoms with E-state index in [2.05, 4.69) is 24.2 Å². The molecule has 0 unspecified atom stereocenters. The van der Waals surface area contributed by atoms with Gasteiger partial charge in [0.1, 0.15) is 0 Å². The second-order valence-electron chi connectivity index (χ2n) is 5.34. The molecule has 0 radical (unpaired) electrons. The summed E-state index contributed by atoms with van der Waals surface area (Å²) in [7, 11) is 0. The van der Waals surface area contributed by atoms with Crippen LogP contribution in [0.3, 0.4) is 0 Å². The van der Waals surface area contributed by atoms with Gasteiger partial charge in [-0.05, 0) is 18.8 Å². The van der Waals surface area contributed by atoms with Crippen molar-refractivity contribution in [3.8, 4) is 0 Å². The molecule has 0 atom stereocenters. The van der Waals surface area contributed by atoms with Gasteiger partial charge in [-0.1, -0.05) is 26.7 Å². The molecule has 0 aliphatic heterocycles. The maximum atomic E-state index is 9.42. The fourth-order valence-corrected chi connectivity index (χ4v) is 2.11. The number of aliphatic hydroxyl groups is 1. The van der Waals surface area contributed by atoms with Gasteiger partial charge in [0.15, 0.2) is 5.96 Å². The zero-order valence-electron chi connectivity index (χ0n) is 10.5. The third-order valence-electron chi connectivity index (χ3n) is 3.28. The van der Waals surface area contributed by atoms with Crippen LogP contribution in [0.5, 0.6) is 0 Å². The van der Waals surface area contributed by atoms with E-state index < -0.39 is 0 Å². The number of rotatable bonds is 5. The Balaban J connectivity index is 2.38. The molecule has 0 amide bonds. The van der Waals surface area contributed by atoms with Gasteiger partial charge in [0.25, 0.3) is 0 Å². The lowest BCUT2D eigenvalue weighted by Crippen LogP contribution is -2.36.